The molecular weight excluding hydrogens is 505 g/mol. The molecule has 0 aliphatic heterocycles. The molecule has 0 amide bonds. The largest absolute Gasteiger partial charge is 1.00 e. The standard InChI is InChI=1S/C16H14P.C10H15.2ClH.Zr/c1-12-6-2-5-9-16(12)17-15-10-13-7-3-4-8-14(13)11-15;1-3-4-7-10-8-5-6-9(10)2;;;/h2-11,17H,1H3;6H,3-5,7H2,1-2H3;2*1H;/q;;;;+2/p-2. The molecule has 2 aliphatic rings. The maximum atomic E-state index is 2.52. The Balaban J connectivity index is 0.00000160. The summed E-state index contributed by atoms with van der Waals surface area (Å²) in [4.78, 5) is 0. The summed E-state index contributed by atoms with van der Waals surface area (Å²) in [5, 5.41) is 3.21. The fourth-order valence-corrected chi connectivity index (χ4v) is 10.7. The van der Waals surface area contributed by atoms with E-state index in [9.17, 15) is 0 Å². The van der Waals surface area contributed by atoms with Crippen LogP contribution in [0.25, 0.3) is 6.08 Å². The van der Waals surface area contributed by atoms with Gasteiger partial charge in [0.2, 0.25) is 0 Å². The first-order chi connectivity index (χ1) is 13.7. The minimum absolute atomic E-state index is 0. The fourth-order valence-electron chi connectivity index (χ4n) is 4.22. The van der Waals surface area contributed by atoms with Gasteiger partial charge in [-0.15, -0.1) is 0 Å². The Morgan fingerprint density at radius 1 is 1.00 bits per heavy atom. The van der Waals surface area contributed by atoms with E-state index in [0.717, 1.165) is 8.58 Å². The molecule has 2 aromatic carbocycles. The smallest absolute Gasteiger partial charge is 1.00 e. The summed E-state index contributed by atoms with van der Waals surface area (Å²) >= 11 is -0.708. The van der Waals surface area contributed by atoms with Gasteiger partial charge in [-0.25, -0.2) is 0 Å². The second-order valence-corrected chi connectivity index (χ2v) is 12.9. The number of hydrogen-bond donors (Lipinski definition) is 0. The van der Waals surface area contributed by atoms with Crippen LogP contribution >= 0.6 is 8.58 Å². The first-order valence-electron chi connectivity index (χ1n) is 10.5. The van der Waals surface area contributed by atoms with Crippen LogP contribution in [0.5, 0.6) is 0 Å². The van der Waals surface area contributed by atoms with Gasteiger partial charge in [0.25, 0.3) is 0 Å². The Kier molecular flexibility index (Phi) is 10.3. The van der Waals surface area contributed by atoms with Crippen molar-refractivity contribution in [3.63, 3.8) is 0 Å². The number of halogens is 2. The van der Waals surface area contributed by atoms with Crippen LogP contribution in [0.4, 0.5) is 0 Å². The summed E-state index contributed by atoms with van der Waals surface area (Å²) in [5.41, 5.74) is 7.82. The molecule has 2 atom stereocenters. The molecule has 2 aromatic rings. The third-order valence-corrected chi connectivity index (χ3v) is 12.5. The van der Waals surface area contributed by atoms with E-state index < -0.39 is 23.2 Å². The van der Waals surface area contributed by atoms with E-state index in [4.69, 9.17) is 0 Å². The summed E-state index contributed by atoms with van der Waals surface area (Å²) < 4.78 is 2.57. The van der Waals surface area contributed by atoms with Crippen LogP contribution in [0.1, 0.15) is 59.8 Å². The van der Waals surface area contributed by atoms with Crippen LogP contribution in [0.3, 0.4) is 0 Å². The molecule has 0 N–H and O–H groups in total. The minimum Gasteiger partial charge on any atom is -1.00 e. The normalized spacial score (nSPS) is 17.2. The van der Waals surface area contributed by atoms with Gasteiger partial charge in [-0.2, -0.15) is 0 Å². The molecule has 2 aliphatic carbocycles. The van der Waals surface area contributed by atoms with Gasteiger partial charge < -0.3 is 24.8 Å². The number of hydrogen-bond acceptors (Lipinski definition) is 0. The van der Waals surface area contributed by atoms with Crippen molar-refractivity contribution < 1.29 is 48.0 Å². The van der Waals surface area contributed by atoms with E-state index >= 15 is 0 Å². The molecule has 0 saturated heterocycles. The third-order valence-electron chi connectivity index (χ3n) is 5.90. The van der Waals surface area contributed by atoms with E-state index in [-0.39, 0.29) is 24.8 Å². The summed E-state index contributed by atoms with van der Waals surface area (Å²) in [7, 11) is 0.807. The minimum atomic E-state index is -0.708. The van der Waals surface area contributed by atoms with Crippen LogP contribution in [0.2, 0.25) is 0 Å². The first kappa shape index (κ1) is 25.8. The fraction of sp³-hybridized carbons (Fsp3) is 0.308. The van der Waals surface area contributed by atoms with Crippen LogP contribution in [-0.2, 0) is 23.2 Å². The molecule has 0 saturated carbocycles. The second kappa shape index (κ2) is 12.0. The summed E-state index contributed by atoms with van der Waals surface area (Å²) in [5.74, 6) is 0. The van der Waals surface area contributed by atoms with Crippen LogP contribution in [-0.4, -0.2) is 0 Å². The average molecular weight is 535 g/mol. The number of rotatable bonds is 7. The summed E-state index contributed by atoms with van der Waals surface area (Å²) in [6.45, 7) is 6.91. The zero-order valence-corrected chi connectivity index (χ0v) is 22.9. The van der Waals surface area contributed by atoms with Crippen LogP contribution < -0.4 is 30.1 Å². The Morgan fingerprint density at radius 3 is 2.50 bits per heavy atom. The number of allylic oxidation sites excluding steroid dienone is 5. The maximum absolute atomic E-state index is 2.52. The van der Waals surface area contributed by atoms with E-state index in [2.05, 4.69) is 81.5 Å². The quantitative estimate of drug-likeness (QED) is 0.470. The van der Waals surface area contributed by atoms with E-state index in [1.807, 2.05) is 3.28 Å². The van der Waals surface area contributed by atoms with Crippen molar-refractivity contribution in [3.05, 3.63) is 91.0 Å². The molecule has 156 valence electrons. The summed E-state index contributed by atoms with van der Waals surface area (Å²) in [6, 6.07) is 18.1. The molecule has 0 nitrogen and oxygen atoms in total. The molecule has 0 heterocycles. The Hall–Kier alpha value is -0.447. The first-order valence-corrected chi connectivity index (χ1v) is 14.1. The van der Waals surface area contributed by atoms with E-state index in [1.54, 1.807) is 22.0 Å². The van der Waals surface area contributed by atoms with Gasteiger partial charge in [0.05, 0.1) is 0 Å². The van der Waals surface area contributed by atoms with Gasteiger partial charge in [0.1, 0.15) is 0 Å². The number of unbranched alkanes of at least 4 members (excludes halogenated alkanes) is 1. The van der Waals surface area contributed by atoms with Gasteiger partial charge in [-0.1, -0.05) is 0 Å². The van der Waals surface area contributed by atoms with Crippen LogP contribution in [0, 0.1) is 6.92 Å². The molecular formula is C26H29Cl2PZr. The van der Waals surface area contributed by atoms with Gasteiger partial charge >= 0.3 is 184 Å². The Bertz CT molecular complexity index is 975. The van der Waals surface area contributed by atoms with Gasteiger partial charge in [0.15, 0.2) is 0 Å². The van der Waals surface area contributed by atoms with Crippen molar-refractivity contribution in [2.75, 3.05) is 0 Å². The van der Waals surface area contributed by atoms with Gasteiger partial charge in [-0.3, -0.25) is 0 Å². The third kappa shape index (κ3) is 5.67. The maximum Gasteiger partial charge on any atom is -1.00 e. The van der Waals surface area contributed by atoms with Crippen molar-refractivity contribution in [2.24, 2.45) is 0 Å². The van der Waals surface area contributed by atoms with Crippen molar-refractivity contribution in [3.8, 4) is 0 Å². The average Bonchev–Trinajstić information content (AvgIpc) is 3.23. The predicted octanol–water partition coefficient (Wildman–Crippen LogP) is 1.28. The second-order valence-electron chi connectivity index (χ2n) is 7.90. The molecule has 4 heteroatoms. The topological polar surface area (TPSA) is 0 Å². The van der Waals surface area contributed by atoms with Gasteiger partial charge in [-0.05, 0) is 0 Å². The SMILES string of the molecule is CCCCC1=[C]([Zr+2][CH]2C(Pc3ccccc3C)=Cc3ccccc32)CC=C1C.[Cl-].[Cl-]. The Labute approximate surface area is 207 Å². The monoisotopic (exact) mass is 532 g/mol. The Morgan fingerprint density at radius 2 is 1.73 bits per heavy atom. The number of aryl methyl sites for hydroxylation is 1. The van der Waals surface area contributed by atoms with Crippen molar-refractivity contribution in [2.45, 2.75) is 50.1 Å². The van der Waals surface area contributed by atoms with E-state index in [1.165, 1.54) is 42.1 Å². The molecule has 0 aromatic heterocycles. The van der Waals surface area contributed by atoms with Crippen LogP contribution in [0.15, 0.2) is 74.3 Å². The molecule has 30 heavy (non-hydrogen) atoms. The van der Waals surface area contributed by atoms with Crippen molar-refractivity contribution >= 4 is 20.0 Å². The van der Waals surface area contributed by atoms with E-state index in [0.29, 0.717) is 3.63 Å². The number of benzene rings is 2. The predicted molar refractivity (Wildman–Crippen MR) is 121 cm³/mol. The van der Waals surface area contributed by atoms with Crippen molar-refractivity contribution in [1.29, 1.82) is 0 Å². The molecule has 2 unspecified atom stereocenters. The molecule has 0 bridgehead atoms. The molecule has 0 spiro atoms. The summed E-state index contributed by atoms with van der Waals surface area (Å²) in [6.07, 6.45) is 10.2. The van der Waals surface area contributed by atoms with Gasteiger partial charge in [0, 0.05) is 0 Å². The molecule has 0 fully saturated rings. The zero-order chi connectivity index (χ0) is 19.5. The van der Waals surface area contributed by atoms with Crippen molar-refractivity contribution in [1.82, 2.24) is 0 Å². The molecule has 0 radical (unpaired) electrons. The molecule has 4 rings (SSSR count). The number of fused-ring (bicyclic) bond motifs is 1. The zero-order valence-electron chi connectivity index (χ0n) is 17.9.